The van der Waals surface area contributed by atoms with E-state index in [1.165, 1.54) is 10.4 Å². The Labute approximate surface area is 183 Å². The van der Waals surface area contributed by atoms with Gasteiger partial charge in [0.25, 0.3) is 5.91 Å². The zero-order valence-corrected chi connectivity index (χ0v) is 18.6. The molecule has 1 N–H and O–H groups in total. The molecule has 0 unspecified atom stereocenters. The van der Waals surface area contributed by atoms with Crippen LogP contribution >= 0.6 is 0 Å². The third-order valence-electron chi connectivity index (χ3n) is 5.95. The fourth-order valence-electron chi connectivity index (χ4n) is 4.12. The number of likely N-dealkylation sites (N-methyl/N-ethyl adjacent to an activating group) is 1. The number of rotatable bonds is 6. The van der Waals surface area contributed by atoms with Crippen LogP contribution in [0.1, 0.15) is 30.1 Å². The largest absolute Gasteiger partial charge is 0.356 e. The van der Waals surface area contributed by atoms with E-state index in [-0.39, 0.29) is 10.8 Å². The molecule has 1 aromatic carbocycles. The number of nitrogens with one attached hydrogen (secondary N) is 1. The highest BCUT2D eigenvalue weighted by Gasteiger charge is 2.28. The van der Waals surface area contributed by atoms with Crippen molar-refractivity contribution in [1.29, 1.82) is 0 Å². The fourth-order valence-corrected chi connectivity index (χ4v) is 5.59. The first-order chi connectivity index (χ1) is 15.0. The van der Waals surface area contributed by atoms with Gasteiger partial charge in [0, 0.05) is 51.2 Å². The lowest BCUT2D eigenvalue weighted by molar-refractivity contribution is 0.102. The molecule has 1 amide bonds. The molecule has 31 heavy (non-hydrogen) atoms. The zero-order valence-electron chi connectivity index (χ0n) is 17.8. The van der Waals surface area contributed by atoms with Gasteiger partial charge in [0.05, 0.1) is 10.5 Å². The molecule has 0 spiro atoms. The van der Waals surface area contributed by atoms with E-state index in [4.69, 9.17) is 0 Å². The molecule has 4 rings (SSSR count). The predicted molar refractivity (Wildman–Crippen MR) is 121 cm³/mol. The number of benzene rings is 1. The zero-order chi connectivity index (χ0) is 21.8. The van der Waals surface area contributed by atoms with Gasteiger partial charge in [0.1, 0.15) is 5.82 Å². The second-order valence-electron chi connectivity index (χ2n) is 7.89. The van der Waals surface area contributed by atoms with Gasteiger partial charge < -0.3 is 15.1 Å². The Morgan fingerprint density at radius 1 is 1.03 bits per heavy atom. The smallest absolute Gasteiger partial charge is 0.259 e. The van der Waals surface area contributed by atoms with E-state index in [2.05, 4.69) is 27.0 Å². The average molecular weight is 444 g/mol. The van der Waals surface area contributed by atoms with Gasteiger partial charge in [-0.2, -0.15) is 4.31 Å². The summed E-state index contributed by atoms with van der Waals surface area (Å²) in [6.07, 6.45) is 3.87. The van der Waals surface area contributed by atoms with Crippen LogP contribution in [0.5, 0.6) is 0 Å². The lowest BCUT2D eigenvalue weighted by atomic mass is 10.2. The number of piperazine rings is 1. The van der Waals surface area contributed by atoms with Gasteiger partial charge in [-0.05, 0) is 49.7 Å². The van der Waals surface area contributed by atoms with Crippen LogP contribution in [0.3, 0.4) is 0 Å². The minimum Gasteiger partial charge on any atom is -0.356 e. The van der Waals surface area contributed by atoms with Gasteiger partial charge in [-0.15, -0.1) is 0 Å². The summed E-state index contributed by atoms with van der Waals surface area (Å²) < 4.78 is 27.7. The summed E-state index contributed by atoms with van der Waals surface area (Å²) in [6, 6.07) is 9.98. The number of amides is 1. The maximum Gasteiger partial charge on any atom is 0.259 e. The topological polar surface area (TPSA) is 85.8 Å². The number of sulfonamides is 1. The minimum atomic E-state index is -3.60. The van der Waals surface area contributed by atoms with Crippen molar-refractivity contribution in [1.82, 2.24) is 14.2 Å². The summed E-state index contributed by atoms with van der Waals surface area (Å²) >= 11 is 0. The highest BCUT2D eigenvalue weighted by atomic mass is 32.2. The third kappa shape index (κ3) is 4.73. The van der Waals surface area contributed by atoms with Crippen LogP contribution in [0.2, 0.25) is 0 Å². The predicted octanol–water partition coefficient (Wildman–Crippen LogP) is 2.26. The first-order valence-corrected chi connectivity index (χ1v) is 12.3. The quantitative estimate of drug-likeness (QED) is 0.737. The molecule has 2 aromatic rings. The van der Waals surface area contributed by atoms with Crippen molar-refractivity contribution < 1.29 is 13.2 Å². The Morgan fingerprint density at radius 3 is 2.48 bits per heavy atom. The molecule has 8 nitrogen and oxygen atoms in total. The van der Waals surface area contributed by atoms with Crippen LogP contribution in [-0.2, 0) is 10.0 Å². The SMILES string of the molecule is CCN1CCN(S(=O)(=O)c2cccc(NC(=O)c3cccnc3N3CCCC3)c2)CC1. The van der Waals surface area contributed by atoms with Crippen molar-refractivity contribution >= 4 is 27.4 Å². The Morgan fingerprint density at radius 2 is 1.77 bits per heavy atom. The molecular weight excluding hydrogens is 414 g/mol. The Bertz CT molecular complexity index is 1030. The monoisotopic (exact) mass is 443 g/mol. The third-order valence-corrected chi connectivity index (χ3v) is 7.84. The Hall–Kier alpha value is -2.49. The highest BCUT2D eigenvalue weighted by Crippen LogP contribution is 2.25. The van der Waals surface area contributed by atoms with Crippen LogP contribution in [0, 0.1) is 0 Å². The molecule has 0 aliphatic carbocycles. The lowest BCUT2D eigenvalue weighted by Crippen LogP contribution is -2.48. The summed E-state index contributed by atoms with van der Waals surface area (Å²) in [5.74, 6) is 0.385. The average Bonchev–Trinajstić information content (AvgIpc) is 3.34. The lowest BCUT2D eigenvalue weighted by Gasteiger charge is -2.33. The second-order valence-corrected chi connectivity index (χ2v) is 9.83. The number of anilines is 2. The molecule has 2 aliphatic heterocycles. The molecular formula is C22H29N5O3S. The van der Waals surface area contributed by atoms with Crippen molar-refractivity contribution in [2.45, 2.75) is 24.7 Å². The molecule has 9 heteroatoms. The van der Waals surface area contributed by atoms with Crippen LogP contribution in [0.25, 0.3) is 0 Å². The molecule has 1 aromatic heterocycles. The van der Waals surface area contributed by atoms with Crippen LogP contribution in [0.15, 0.2) is 47.5 Å². The molecule has 2 saturated heterocycles. The molecule has 0 bridgehead atoms. The number of aromatic nitrogens is 1. The van der Waals surface area contributed by atoms with Crippen molar-refractivity contribution in [3.63, 3.8) is 0 Å². The van der Waals surface area contributed by atoms with Gasteiger partial charge in [-0.3, -0.25) is 4.79 Å². The Balaban J connectivity index is 1.51. The normalized spacial score (nSPS) is 18.3. The fraction of sp³-hybridized carbons (Fsp3) is 0.455. The second kappa shape index (κ2) is 9.33. The Kier molecular flexibility index (Phi) is 6.54. The summed E-state index contributed by atoms with van der Waals surface area (Å²) in [5.41, 5.74) is 0.947. The van der Waals surface area contributed by atoms with Crippen molar-refractivity contribution in [3.05, 3.63) is 48.2 Å². The minimum absolute atomic E-state index is 0.196. The van der Waals surface area contributed by atoms with E-state index in [9.17, 15) is 13.2 Å². The van der Waals surface area contributed by atoms with Crippen molar-refractivity contribution in [3.8, 4) is 0 Å². The molecule has 2 aliphatic rings. The number of pyridine rings is 1. The van der Waals surface area contributed by atoms with Gasteiger partial charge in [0.2, 0.25) is 10.0 Å². The molecule has 0 atom stereocenters. The van der Waals surface area contributed by atoms with Crippen LogP contribution in [-0.4, -0.2) is 74.3 Å². The van der Waals surface area contributed by atoms with Gasteiger partial charge in [0.15, 0.2) is 0 Å². The van der Waals surface area contributed by atoms with Crippen molar-refractivity contribution in [2.75, 3.05) is 56.0 Å². The van der Waals surface area contributed by atoms with Gasteiger partial charge >= 0.3 is 0 Å². The summed E-state index contributed by atoms with van der Waals surface area (Å²) in [4.78, 5) is 21.9. The standard InChI is InChI=1S/C22H29N5O3S/c1-2-25-13-15-27(16-14-25)31(29,30)19-8-5-7-18(17-19)24-22(28)20-9-6-10-23-21(20)26-11-3-4-12-26/h5-10,17H,2-4,11-16H2,1H3,(H,24,28). The molecule has 0 radical (unpaired) electrons. The van der Waals surface area contributed by atoms with E-state index >= 15 is 0 Å². The van der Waals surface area contributed by atoms with E-state index in [0.717, 1.165) is 45.6 Å². The molecule has 3 heterocycles. The maximum atomic E-state index is 13.1. The van der Waals surface area contributed by atoms with Gasteiger partial charge in [-0.1, -0.05) is 13.0 Å². The summed E-state index contributed by atoms with van der Waals surface area (Å²) in [6.45, 7) is 7.17. The first kappa shape index (κ1) is 21.7. The molecule has 0 saturated carbocycles. The number of nitrogens with zero attached hydrogens (tertiary/aromatic N) is 4. The van der Waals surface area contributed by atoms with E-state index < -0.39 is 10.0 Å². The highest BCUT2D eigenvalue weighted by molar-refractivity contribution is 7.89. The van der Waals surface area contributed by atoms with Crippen LogP contribution < -0.4 is 10.2 Å². The molecule has 166 valence electrons. The molecule has 2 fully saturated rings. The number of carbonyl (C=O) groups excluding carboxylic acids is 1. The van der Waals surface area contributed by atoms with Crippen LogP contribution in [0.4, 0.5) is 11.5 Å². The first-order valence-electron chi connectivity index (χ1n) is 10.8. The number of hydrogen-bond acceptors (Lipinski definition) is 6. The number of hydrogen-bond donors (Lipinski definition) is 1. The van der Waals surface area contributed by atoms with Crippen molar-refractivity contribution in [2.24, 2.45) is 0 Å². The van der Waals surface area contributed by atoms with E-state index in [1.807, 2.05) is 0 Å². The van der Waals surface area contributed by atoms with E-state index in [1.54, 1.807) is 36.5 Å². The van der Waals surface area contributed by atoms with Gasteiger partial charge in [-0.25, -0.2) is 13.4 Å². The van der Waals surface area contributed by atoms with E-state index in [0.29, 0.717) is 30.2 Å². The maximum absolute atomic E-state index is 13.1. The summed E-state index contributed by atoms with van der Waals surface area (Å²) in [7, 11) is -3.60. The number of carbonyl (C=O) groups is 1. The summed E-state index contributed by atoms with van der Waals surface area (Å²) in [5, 5.41) is 2.86.